The van der Waals surface area contributed by atoms with E-state index in [0.717, 1.165) is 45.3 Å². The Hall–Kier alpha value is -0.570. The maximum Gasteiger partial charge on any atom is 0.225 e. The highest BCUT2D eigenvalue weighted by atomic mass is 16.2. The quantitative estimate of drug-likeness (QED) is 0.680. The van der Waals surface area contributed by atoms with Crippen molar-refractivity contribution in [3.05, 3.63) is 0 Å². The van der Waals surface area contributed by atoms with Crippen LogP contribution in [0.15, 0.2) is 0 Å². The van der Waals surface area contributed by atoms with Gasteiger partial charge in [0.1, 0.15) is 1.41 Å². The van der Waals surface area contributed by atoms with Gasteiger partial charge in [0, 0.05) is 25.0 Å². The van der Waals surface area contributed by atoms with Gasteiger partial charge in [-0.25, -0.2) is 0 Å². The van der Waals surface area contributed by atoms with E-state index in [-0.39, 0.29) is 5.92 Å². The zero-order valence-electron chi connectivity index (χ0n) is 9.91. The van der Waals surface area contributed by atoms with Crippen molar-refractivity contribution in [1.29, 1.82) is 0 Å². The van der Waals surface area contributed by atoms with Crippen molar-refractivity contribution in [2.24, 2.45) is 5.92 Å². The van der Waals surface area contributed by atoms with Crippen LogP contribution in [0.4, 0.5) is 0 Å². The zero-order valence-corrected chi connectivity index (χ0v) is 8.91. The lowest BCUT2D eigenvalue weighted by Gasteiger charge is -2.39. The Morgan fingerprint density at radius 1 is 1.50 bits per heavy atom. The van der Waals surface area contributed by atoms with Crippen molar-refractivity contribution in [2.45, 2.75) is 38.6 Å². The van der Waals surface area contributed by atoms with Gasteiger partial charge in [0.05, 0.1) is 0 Å². The molecule has 2 rings (SSSR count). The molecule has 0 spiro atoms. The van der Waals surface area contributed by atoms with Gasteiger partial charge in [-0.1, -0.05) is 6.92 Å². The average molecular weight is 197 g/mol. The summed E-state index contributed by atoms with van der Waals surface area (Å²) in [5.41, 5.74) is 0. The molecular formula is C11H20N2O. The molecule has 0 aromatic heterocycles. The standard InChI is InChI=1S/C11H20N2O/c1-9-4-3-7-13(11(9)14)10-5-2-6-12-8-10/h9-10,12H,2-8H2,1H3/i/hD. The molecule has 80 valence electrons. The number of nitrogens with zero attached hydrogens (tertiary/aromatic N) is 1. The molecule has 2 aliphatic heterocycles. The van der Waals surface area contributed by atoms with Crippen LogP contribution in [0.25, 0.3) is 0 Å². The normalized spacial score (nSPS) is 37.1. The van der Waals surface area contributed by atoms with Gasteiger partial charge in [0.2, 0.25) is 5.91 Å². The summed E-state index contributed by atoms with van der Waals surface area (Å²) >= 11 is 0. The van der Waals surface area contributed by atoms with Crippen LogP contribution in [0.5, 0.6) is 0 Å². The van der Waals surface area contributed by atoms with Crippen molar-refractivity contribution in [3.63, 3.8) is 0 Å². The Balaban J connectivity index is 1.99. The predicted molar refractivity (Wildman–Crippen MR) is 56.0 cm³/mol. The summed E-state index contributed by atoms with van der Waals surface area (Å²) in [6.45, 7) is 4.52. The molecule has 0 aliphatic carbocycles. The smallest absolute Gasteiger partial charge is 0.225 e. The second-order valence-electron chi connectivity index (χ2n) is 4.50. The number of hydrogen-bond acceptors (Lipinski definition) is 2. The molecule has 2 heterocycles. The summed E-state index contributed by atoms with van der Waals surface area (Å²) in [4.78, 5) is 14.0. The number of piperidine rings is 2. The number of likely N-dealkylation sites (tertiary alicyclic amines) is 1. The lowest BCUT2D eigenvalue weighted by atomic mass is 9.95. The molecule has 2 atom stereocenters. The predicted octanol–water partition coefficient (Wildman–Crippen LogP) is 0.997. The molecule has 1 amide bonds. The highest BCUT2D eigenvalue weighted by Gasteiger charge is 2.30. The minimum absolute atomic E-state index is 0.194. The van der Waals surface area contributed by atoms with Crippen molar-refractivity contribution < 1.29 is 6.21 Å². The molecule has 2 unspecified atom stereocenters. The molecule has 0 bridgehead atoms. The number of rotatable bonds is 1. The Morgan fingerprint density at radius 3 is 3.14 bits per heavy atom. The number of carbonyl (C=O) groups excluding carboxylic acids is 1. The maximum atomic E-state index is 12.0. The number of amides is 1. The third-order valence-corrected chi connectivity index (χ3v) is 3.37. The van der Waals surface area contributed by atoms with Crippen LogP contribution in [0.1, 0.15) is 32.6 Å². The lowest BCUT2D eigenvalue weighted by Crippen LogP contribution is -2.52. The number of hydrogen-bond donors (Lipinski definition) is 1. The van der Waals surface area contributed by atoms with Crippen LogP contribution in [0.3, 0.4) is 0 Å². The summed E-state index contributed by atoms with van der Waals surface area (Å²) in [7, 11) is 0. The van der Waals surface area contributed by atoms with E-state index in [1.807, 2.05) is 11.8 Å². The van der Waals surface area contributed by atoms with E-state index in [4.69, 9.17) is 1.41 Å². The van der Waals surface area contributed by atoms with Crippen LogP contribution < -0.4 is 5.31 Å². The van der Waals surface area contributed by atoms with Crippen LogP contribution in [-0.4, -0.2) is 36.5 Å². The molecule has 2 aliphatic rings. The fraction of sp³-hybridized carbons (Fsp3) is 0.909. The van der Waals surface area contributed by atoms with Gasteiger partial charge in [-0.05, 0) is 32.2 Å². The highest BCUT2D eigenvalue weighted by molar-refractivity contribution is 5.79. The molecule has 2 fully saturated rings. The Kier molecular flexibility index (Phi) is 2.68. The molecule has 0 aromatic rings. The van der Waals surface area contributed by atoms with Crippen molar-refractivity contribution in [3.8, 4) is 0 Å². The third-order valence-electron chi connectivity index (χ3n) is 3.37. The molecule has 2 saturated heterocycles. The summed E-state index contributed by atoms with van der Waals surface area (Å²) < 4.78 is 7.63. The zero-order chi connectivity index (χ0) is 10.8. The number of carbonyl (C=O) groups is 1. The second kappa shape index (κ2) is 4.30. The Morgan fingerprint density at radius 2 is 2.36 bits per heavy atom. The van der Waals surface area contributed by atoms with Crippen molar-refractivity contribution in [1.82, 2.24) is 10.2 Å². The third kappa shape index (κ3) is 1.92. The van der Waals surface area contributed by atoms with Crippen LogP contribution in [0, 0.1) is 5.92 Å². The first-order valence-electron chi connectivity index (χ1n) is 6.17. The van der Waals surface area contributed by atoms with Gasteiger partial charge in [-0.3, -0.25) is 4.79 Å². The Bertz CT molecular complexity index is 247. The largest absolute Gasteiger partial charge is 0.338 e. The van der Waals surface area contributed by atoms with Crippen molar-refractivity contribution in [2.75, 3.05) is 19.6 Å². The summed E-state index contributed by atoms with van der Waals surface area (Å²) in [5.74, 6) is 0.501. The summed E-state index contributed by atoms with van der Waals surface area (Å²) in [5, 5.41) is 1.60. The van der Waals surface area contributed by atoms with Crippen LogP contribution >= 0.6 is 0 Å². The van der Waals surface area contributed by atoms with Gasteiger partial charge in [-0.15, -0.1) is 0 Å². The van der Waals surface area contributed by atoms with E-state index in [2.05, 4.69) is 0 Å². The van der Waals surface area contributed by atoms with E-state index in [1.54, 1.807) is 5.31 Å². The highest BCUT2D eigenvalue weighted by Crippen LogP contribution is 2.21. The van der Waals surface area contributed by atoms with E-state index in [0.29, 0.717) is 11.9 Å². The molecule has 0 radical (unpaired) electrons. The monoisotopic (exact) mass is 197 g/mol. The fourth-order valence-corrected chi connectivity index (χ4v) is 2.47. The maximum absolute atomic E-state index is 12.0. The SMILES string of the molecule is [2H]N1CCCC(N2CCCC(C)C2=O)C1. The fourth-order valence-electron chi connectivity index (χ4n) is 2.47. The van der Waals surface area contributed by atoms with Gasteiger partial charge >= 0.3 is 0 Å². The van der Waals surface area contributed by atoms with E-state index < -0.39 is 0 Å². The van der Waals surface area contributed by atoms with Crippen LogP contribution in [0.2, 0.25) is 1.41 Å². The molecule has 3 nitrogen and oxygen atoms in total. The number of nitrogens with one attached hydrogen (secondary N) is 1. The Labute approximate surface area is 87.3 Å². The summed E-state index contributed by atoms with van der Waals surface area (Å²) in [6, 6.07) is 0.298. The lowest BCUT2D eigenvalue weighted by molar-refractivity contribution is -0.140. The molecule has 1 N–H and O–H groups in total. The van der Waals surface area contributed by atoms with E-state index in [1.165, 1.54) is 0 Å². The van der Waals surface area contributed by atoms with Gasteiger partial charge in [-0.2, -0.15) is 0 Å². The van der Waals surface area contributed by atoms with Gasteiger partial charge < -0.3 is 10.2 Å². The average Bonchev–Trinajstić information content (AvgIpc) is 2.22. The van der Waals surface area contributed by atoms with Crippen molar-refractivity contribution >= 4 is 5.91 Å². The minimum atomic E-state index is 0.194. The second-order valence-corrected chi connectivity index (χ2v) is 4.50. The topological polar surface area (TPSA) is 32.3 Å². The van der Waals surface area contributed by atoms with E-state index >= 15 is 0 Å². The first kappa shape index (κ1) is 8.72. The molecule has 0 aromatic carbocycles. The first-order valence-corrected chi connectivity index (χ1v) is 5.73. The van der Waals surface area contributed by atoms with E-state index in [9.17, 15) is 4.79 Å². The van der Waals surface area contributed by atoms with Crippen LogP contribution in [-0.2, 0) is 4.79 Å². The minimum Gasteiger partial charge on any atom is -0.338 e. The molecular weight excluding hydrogens is 176 g/mol. The first-order chi connectivity index (χ1) is 7.18. The molecule has 14 heavy (non-hydrogen) atoms. The van der Waals surface area contributed by atoms with Gasteiger partial charge in [0.15, 0.2) is 0 Å². The molecule has 0 saturated carbocycles. The molecule has 3 heteroatoms. The van der Waals surface area contributed by atoms with Gasteiger partial charge in [0.25, 0.3) is 0 Å². The summed E-state index contributed by atoms with van der Waals surface area (Å²) in [6.07, 6.45) is 4.29.